The number of benzene rings is 1. The fourth-order valence-electron chi connectivity index (χ4n) is 3.82. The van der Waals surface area contributed by atoms with Crippen LogP contribution in [0.5, 0.6) is 0 Å². The fraction of sp³-hybridized carbons (Fsp3) is 0.455. The predicted molar refractivity (Wildman–Crippen MR) is 111 cm³/mol. The van der Waals surface area contributed by atoms with Crippen molar-refractivity contribution in [3.05, 3.63) is 57.3 Å². The summed E-state index contributed by atoms with van der Waals surface area (Å²) in [5.41, 5.74) is 3.52. The minimum absolute atomic E-state index is 0.0125. The van der Waals surface area contributed by atoms with E-state index in [9.17, 15) is 9.59 Å². The summed E-state index contributed by atoms with van der Waals surface area (Å²) in [6, 6.07) is 10.2. The highest BCUT2D eigenvalue weighted by Gasteiger charge is 2.34. The quantitative estimate of drug-likeness (QED) is 0.747. The molecule has 2 aromatic rings. The Morgan fingerprint density at radius 1 is 1.25 bits per heavy atom. The van der Waals surface area contributed by atoms with E-state index in [1.165, 1.54) is 23.1 Å². The molecule has 0 fully saturated rings. The molecule has 2 heterocycles. The van der Waals surface area contributed by atoms with Crippen LogP contribution in [0.1, 0.15) is 41.5 Å². The SMILES string of the molecule is COCC(=O)N(CC(=O)N1CCc2sccc2C1c1ccccc1C)C(C)C. The first-order valence-corrected chi connectivity index (χ1v) is 10.5. The molecule has 2 amide bonds. The lowest BCUT2D eigenvalue weighted by Crippen LogP contribution is -2.49. The first-order valence-electron chi connectivity index (χ1n) is 9.63. The Labute approximate surface area is 170 Å². The number of hydrogen-bond donors (Lipinski definition) is 0. The van der Waals surface area contributed by atoms with Gasteiger partial charge in [-0.2, -0.15) is 0 Å². The number of methoxy groups -OCH3 is 1. The number of ether oxygens (including phenoxy) is 1. The second-order valence-electron chi connectivity index (χ2n) is 7.44. The molecule has 0 radical (unpaired) electrons. The lowest BCUT2D eigenvalue weighted by atomic mass is 9.90. The maximum Gasteiger partial charge on any atom is 0.249 e. The van der Waals surface area contributed by atoms with Crippen molar-refractivity contribution < 1.29 is 14.3 Å². The van der Waals surface area contributed by atoms with Crippen LogP contribution in [0.4, 0.5) is 0 Å². The van der Waals surface area contributed by atoms with Crippen molar-refractivity contribution in [2.75, 3.05) is 26.8 Å². The molecule has 1 unspecified atom stereocenters. The summed E-state index contributed by atoms with van der Waals surface area (Å²) in [6.45, 7) is 6.65. The highest BCUT2D eigenvalue weighted by atomic mass is 32.1. The third-order valence-corrected chi connectivity index (χ3v) is 6.28. The van der Waals surface area contributed by atoms with Crippen LogP contribution in [0.2, 0.25) is 0 Å². The first-order chi connectivity index (χ1) is 13.4. The minimum atomic E-state index is -0.161. The number of thiophene rings is 1. The highest BCUT2D eigenvalue weighted by Crippen LogP contribution is 2.39. The van der Waals surface area contributed by atoms with Gasteiger partial charge in [0.2, 0.25) is 11.8 Å². The van der Waals surface area contributed by atoms with Gasteiger partial charge in [-0.05, 0) is 55.3 Å². The van der Waals surface area contributed by atoms with E-state index < -0.39 is 0 Å². The number of carbonyl (C=O) groups is 2. The van der Waals surface area contributed by atoms with Crippen molar-refractivity contribution in [1.29, 1.82) is 0 Å². The number of carbonyl (C=O) groups excluding carboxylic acids is 2. The van der Waals surface area contributed by atoms with Crippen LogP contribution in [0, 0.1) is 6.92 Å². The molecule has 6 heteroatoms. The van der Waals surface area contributed by atoms with E-state index in [0.29, 0.717) is 6.54 Å². The Hall–Kier alpha value is -2.18. The van der Waals surface area contributed by atoms with Crippen LogP contribution in [0.15, 0.2) is 35.7 Å². The summed E-state index contributed by atoms with van der Waals surface area (Å²) in [4.78, 5) is 30.6. The summed E-state index contributed by atoms with van der Waals surface area (Å²) in [5, 5.41) is 2.10. The lowest BCUT2D eigenvalue weighted by Gasteiger charge is -2.38. The molecular formula is C22H28N2O3S. The number of amides is 2. The Morgan fingerprint density at radius 2 is 2.00 bits per heavy atom. The van der Waals surface area contributed by atoms with E-state index >= 15 is 0 Å². The Balaban J connectivity index is 1.92. The standard InChI is InChI=1S/C22H28N2O3S/c1-15(2)24(21(26)14-27-4)13-20(25)23-11-9-19-18(10-12-28-19)22(23)17-8-6-5-7-16(17)3/h5-8,10,12,15,22H,9,11,13-14H2,1-4H3. The zero-order valence-corrected chi connectivity index (χ0v) is 17.8. The average molecular weight is 401 g/mol. The first kappa shape index (κ1) is 20.6. The second kappa shape index (κ2) is 8.88. The Bertz CT molecular complexity index is 846. The molecule has 0 saturated heterocycles. The Morgan fingerprint density at radius 3 is 2.68 bits per heavy atom. The highest BCUT2D eigenvalue weighted by molar-refractivity contribution is 7.10. The largest absolute Gasteiger partial charge is 0.375 e. The van der Waals surface area contributed by atoms with Crippen molar-refractivity contribution in [1.82, 2.24) is 9.80 Å². The number of nitrogens with zero attached hydrogens (tertiary/aromatic N) is 2. The van der Waals surface area contributed by atoms with Gasteiger partial charge < -0.3 is 14.5 Å². The smallest absolute Gasteiger partial charge is 0.249 e. The molecule has 0 spiro atoms. The second-order valence-corrected chi connectivity index (χ2v) is 8.44. The van der Waals surface area contributed by atoms with Gasteiger partial charge in [-0.1, -0.05) is 24.3 Å². The third kappa shape index (κ3) is 4.13. The van der Waals surface area contributed by atoms with Gasteiger partial charge in [0.25, 0.3) is 0 Å². The number of aryl methyl sites for hydroxylation is 1. The molecule has 3 rings (SSSR count). The molecule has 150 valence electrons. The zero-order chi connectivity index (χ0) is 20.3. The maximum absolute atomic E-state index is 13.3. The molecular weight excluding hydrogens is 372 g/mol. The van der Waals surface area contributed by atoms with Crippen LogP contribution >= 0.6 is 11.3 Å². The Kier molecular flexibility index (Phi) is 6.52. The molecule has 1 atom stereocenters. The molecule has 0 bridgehead atoms. The van der Waals surface area contributed by atoms with E-state index in [1.807, 2.05) is 30.9 Å². The minimum Gasteiger partial charge on any atom is -0.375 e. The van der Waals surface area contributed by atoms with Crippen LogP contribution < -0.4 is 0 Å². The summed E-state index contributed by atoms with van der Waals surface area (Å²) in [5.74, 6) is -0.185. The summed E-state index contributed by atoms with van der Waals surface area (Å²) in [6.07, 6.45) is 0.856. The number of hydrogen-bond acceptors (Lipinski definition) is 4. The maximum atomic E-state index is 13.3. The van der Waals surface area contributed by atoms with Crippen molar-refractivity contribution >= 4 is 23.2 Å². The molecule has 0 N–H and O–H groups in total. The number of rotatable bonds is 6. The van der Waals surface area contributed by atoms with Gasteiger partial charge in [-0.3, -0.25) is 9.59 Å². The molecule has 1 aromatic carbocycles. The van der Waals surface area contributed by atoms with E-state index in [-0.39, 0.29) is 37.0 Å². The fourth-order valence-corrected chi connectivity index (χ4v) is 4.72. The van der Waals surface area contributed by atoms with Gasteiger partial charge in [-0.25, -0.2) is 0 Å². The van der Waals surface area contributed by atoms with E-state index in [1.54, 1.807) is 16.2 Å². The average Bonchev–Trinajstić information content (AvgIpc) is 3.14. The van der Waals surface area contributed by atoms with Gasteiger partial charge in [0.05, 0.1) is 6.04 Å². The molecule has 5 nitrogen and oxygen atoms in total. The van der Waals surface area contributed by atoms with E-state index in [4.69, 9.17) is 4.74 Å². The van der Waals surface area contributed by atoms with Crippen LogP contribution in [0.3, 0.4) is 0 Å². The third-order valence-electron chi connectivity index (χ3n) is 5.29. The zero-order valence-electron chi connectivity index (χ0n) is 17.0. The molecule has 28 heavy (non-hydrogen) atoms. The van der Waals surface area contributed by atoms with Gasteiger partial charge >= 0.3 is 0 Å². The van der Waals surface area contributed by atoms with Crippen molar-refractivity contribution in [3.8, 4) is 0 Å². The van der Waals surface area contributed by atoms with Crippen molar-refractivity contribution in [3.63, 3.8) is 0 Å². The van der Waals surface area contributed by atoms with Crippen LogP contribution in [0.25, 0.3) is 0 Å². The monoisotopic (exact) mass is 400 g/mol. The summed E-state index contributed by atoms with van der Waals surface area (Å²) >= 11 is 1.75. The van der Waals surface area contributed by atoms with Gasteiger partial charge in [0, 0.05) is 24.6 Å². The van der Waals surface area contributed by atoms with E-state index in [2.05, 4.69) is 30.5 Å². The molecule has 0 saturated carbocycles. The van der Waals surface area contributed by atoms with Crippen molar-refractivity contribution in [2.45, 2.75) is 39.3 Å². The molecule has 1 aromatic heterocycles. The van der Waals surface area contributed by atoms with E-state index in [0.717, 1.165) is 12.0 Å². The van der Waals surface area contributed by atoms with Crippen LogP contribution in [-0.4, -0.2) is 54.5 Å². The normalized spacial score (nSPS) is 16.2. The van der Waals surface area contributed by atoms with Gasteiger partial charge in [0.15, 0.2) is 0 Å². The van der Waals surface area contributed by atoms with Gasteiger partial charge in [-0.15, -0.1) is 11.3 Å². The van der Waals surface area contributed by atoms with Gasteiger partial charge in [0.1, 0.15) is 13.2 Å². The molecule has 0 aliphatic carbocycles. The molecule has 1 aliphatic heterocycles. The molecule has 1 aliphatic rings. The van der Waals surface area contributed by atoms with Crippen LogP contribution in [-0.2, 0) is 20.7 Å². The topological polar surface area (TPSA) is 49.9 Å². The van der Waals surface area contributed by atoms with Crippen molar-refractivity contribution in [2.24, 2.45) is 0 Å². The lowest BCUT2D eigenvalue weighted by molar-refractivity contribution is -0.145. The summed E-state index contributed by atoms with van der Waals surface area (Å²) < 4.78 is 4.99. The predicted octanol–water partition coefficient (Wildman–Crippen LogP) is 3.41. The number of fused-ring (bicyclic) bond motifs is 1. The summed E-state index contributed by atoms with van der Waals surface area (Å²) in [7, 11) is 1.50.